The largest absolute Gasteiger partial charge is 0.445 e. The monoisotopic (exact) mass is 236 g/mol. The normalized spacial score (nSPS) is 12.0. The second-order valence-electron chi connectivity index (χ2n) is 3.51. The molecule has 0 aliphatic carbocycles. The Kier molecular flexibility index (Phi) is 4.79. The summed E-state index contributed by atoms with van der Waals surface area (Å²) in [6.07, 6.45) is -2.62. The van der Waals surface area contributed by atoms with Crippen LogP contribution >= 0.6 is 0 Å². The minimum Gasteiger partial charge on any atom is -0.445 e. The fourth-order valence-corrected chi connectivity index (χ4v) is 1.24. The molecule has 0 bridgehead atoms. The Hall–Kier alpha value is -1.04. The smallest absolute Gasteiger partial charge is 0.396 e. The number of rotatable bonds is 6. The highest BCUT2D eigenvalue weighted by Crippen LogP contribution is 2.21. The summed E-state index contributed by atoms with van der Waals surface area (Å²) in [5.41, 5.74) is 0. The number of oxazole rings is 1. The van der Waals surface area contributed by atoms with Crippen LogP contribution in [0.1, 0.15) is 25.0 Å². The molecule has 0 fully saturated rings. The van der Waals surface area contributed by atoms with E-state index in [0.29, 0.717) is 18.9 Å². The lowest BCUT2D eigenvalue weighted by Crippen LogP contribution is -2.17. The molecule has 1 heterocycles. The van der Waals surface area contributed by atoms with Gasteiger partial charge in [0.2, 0.25) is 0 Å². The van der Waals surface area contributed by atoms with Crippen molar-refractivity contribution in [1.82, 2.24) is 10.3 Å². The Morgan fingerprint density at radius 3 is 2.75 bits per heavy atom. The molecule has 1 N–H and O–H groups in total. The molecule has 0 radical (unpaired) electrons. The fraction of sp³-hybridized carbons (Fsp3) is 0.700. The Balaban J connectivity index is 2.34. The summed E-state index contributed by atoms with van der Waals surface area (Å²) in [5, 5.41) is 3.12. The molecule has 16 heavy (non-hydrogen) atoms. The Morgan fingerprint density at radius 1 is 1.38 bits per heavy atom. The molecular formula is C10H15F3N2O. The van der Waals surface area contributed by atoms with Crippen molar-refractivity contribution >= 4 is 0 Å². The van der Waals surface area contributed by atoms with Crippen molar-refractivity contribution in [2.45, 2.75) is 32.4 Å². The van der Waals surface area contributed by atoms with E-state index in [1.165, 1.54) is 0 Å². The van der Waals surface area contributed by atoms with E-state index in [2.05, 4.69) is 10.3 Å². The van der Waals surface area contributed by atoms with Crippen molar-refractivity contribution in [3.63, 3.8) is 0 Å². The first-order chi connectivity index (χ1) is 7.51. The summed E-state index contributed by atoms with van der Waals surface area (Å²) in [4.78, 5) is 3.79. The number of hydrogen-bond acceptors (Lipinski definition) is 3. The molecule has 0 saturated carbocycles. The Morgan fingerprint density at radius 2 is 2.12 bits per heavy atom. The quantitative estimate of drug-likeness (QED) is 0.770. The average Bonchev–Trinajstić information content (AvgIpc) is 2.58. The summed E-state index contributed by atoms with van der Waals surface area (Å²) in [6.45, 7) is 3.59. The molecule has 0 amide bonds. The third kappa shape index (κ3) is 5.16. The highest BCUT2D eigenvalue weighted by molar-refractivity contribution is 4.96. The van der Waals surface area contributed by atoms with Crippen LogP contribution in [0.4, 0.5) is 13.2 Å². The van der Waals surface area contributed by atoms with E-state index in [9.17, 15) is 13.2 Å². The summed E-state index contributed by atoms with van der Waals surface area (Å²) in [7, 11) is 0. The lowest BCUT2D eigenvalue weighted by Gasteiger charge is -2.02. The first-order valence-electron chi connectivity index (χ1n) is 5.22. The maximum Gasteiger partial charge on any atom is 0.396 e. The zero-order valence-corrected chi connectivity index (χ0v) is 9.10. The van der Waals surface area contributed by atoms with Crippen molar-refractivity contribution in [3.05, 3.63) is 17.8 Å². The zero-order chi connectivity index (χ0) is 12.0. The Bertz CT molecular complexity index is 309. The Labute approximate surface area is 92.0 Å². The minimum atomic E-state index is -4.24. The molecule has 0 atom stereocenters. The maximum atomic E-state index is 12.0. The van der Waals surface area contributed by atoms with Gasteiger partial charge in [-0.25, -0.2) is 4.98 Å². The van der Waals surface area contributed by atoms with Gasteiger partial charge in [-0.05, 0) is 13.0 Å². The molecule has 0 saturated heterocycles. The lowest BCUT2D eigenvalue weighted by molar-refractivity contribution is -0.130. The second-order valence-corrected chi connectivity index (χ2v) is 3.51. The topological polar surface area (TPSA) is 38.1 Å². The summed E-state index contributed by atoms with van der Waals surface area (Å²) >= 11 is 0. The standard InChI is InChI=1S/C10H15F3N2O/c1-2-4-14-5-3-9-15-7-8(16-9)6-10(11,12)13/h7,14H,2-6H2,1H3. The SMILES string of the molecule is CCCNCCc1ncc(CC(F)(F)F)o1. The van der Waals surface area contributed by atoms with Crippen LogP contribution in [0, 0.1) is 0 Å². The van der Waals surface area contributed by atoms with Crippen LogP contribution in [0.15, 0.2) is 10.6 Å². The first kappa shape index (κ1) is 13.0. The third-order valence-corrected chi connectivity index (χ3v) is 1.92. The molecule has 1 aromatic rings. The van der Waals surface area contributed by atoms with Gasteiger partial charge in [0.05, 0.1) is 6.20 Å². The molecular weight excluding hydrogens is 221 g/mol. The molecule has 1 rings (SSSR count). The molecule has 0 aliphatic rings. The number of nitrogens with zero attached hydrogens (tertiary/aromatic N) is 1. The van der Waals surface area contributed by atoms with E-state index in [1.807, 2.05) is 6.92 Å². The van der Waals surface area contributed by atoms with E-state index in [4.69, 9.17) is 4.42 Å². The molecule has 6 heteroatoms. The van der Waals surface area contributed by atoms with E-state index in [-0.39, 0.29) is 5.76 Å². The van der Waals surface area contributed by atoms with Crippen LogP contribution in [0.25, 0.3) is 0 Å². The van der Waals surface area contributed by atoms with Gasteiger partial charge in [-0.3, -0.25) is 0 Å². The highest BCUT2D eigenvalue weighted by Gasteiger charge is 2.29. The molecule has 0 unspecified atom stereocenters. The molecule has 0 aliphatic heterocycles. The van der Waals surface area contributed by atoms with E-state index in [0.717, 1.165) is 19.2 Å². The van der Waals surface area contributed by atoms with Gasteiger partial charge in [0.15, 0.2) is 5.89 Å². The lowest BCUT2D eigenvalue weighted by atomic mass is 10.3. The van der Waals surface area contributed by atoms with Gasteiger partial charge in [-0.2, -0.15) is 13.2 Å². The van der Waals surface area contributed by atoms with Gasteiger partial charge in [0.25, 0.3) is 0 Å². The molecule has 0 aromatic carbocycles. The predicted molar refractivity (Wildman–Crippen MR) is 53.1 cm³/mol. The molecule has 0 spiro atoms. The van der Waals surface area contributed by atoms with Gasteiger partial charge in [-0.1, -0.05) is 6.92 Å². The number of nitrogens with one attached hydrogen (secondary N) is 1. The van der Waals surface area contributed by atoms with Crippen LogP contribution < -0.4 is 5.32 Å². The number of hydrogen-bond donors (Lipinski definition) is 1. The van der Waals surface area contributed by atoms with Gasteiger partial charge >= 0.3 is 6.18 Å². The average molecular weight is 236 g/mol. The van der Waals surface area contributed by atoms with Crippen molar-refractivity contribution in [1.29, 1.82) is 0 Å². The van der Waals surface area contributed by atoms with Crippen molar-refractivity contribution in [3.8, 4) is 0 Å². The summed E-state index contributed by atoms with van der Waals surface area (Å²) in [5.74, 6) is 0.223. The van der Waals surface area contributed by atoms with Crippen LogP contribution in [0.5, 0.6) is 0 Å². The van der Waals surface area contributed by atoms with Crippen LogP contribution in [-0.2, 0) is 12.8 Å². The number of alkyl halides is 3. The molecule has 3 nitrogen and oxygen atoms in total. The molecule has 1 aromatic heterocycles. The van der Waals surface area contributed by atoms with Gasteiger partial charge in [0.1, 0.15) is 12.2 Å². The maximum absolute atomic E-state index is 12.0. The zero-order valence-electron chi connectivity index (χ0n) is 9.10. The summed E-state index contributed by atoms with van der Waals surface area (Å²) in [6, 6.07) is 0. The van der Waals surface area contributed by atoms with Gasteiger partial charge in [-0.15, -0.1) is 0 Å². The van der Waals surface area contributed by atoms with Crippen LogP contribution in [0.2, 0.25) is 0 Å². The number of aromatic nitrogens is 1. The van der Waals surface area contributed by atoms with Crippen LogP contribution in [0.3, 0.4) is 0 Å². The number of halogens is 3. The van der Waals surface area contributed by atoms with E-state index in [1.54, 1.807) is 0 Å². The van der Waals surface area contributed by atoms with E-state index >= 15 is 0 Å². The van der Waals surface area contributed by atoms with Crippen molar-refractivity contribution in [2.24, 2.45) is 0 Å². The fourth-order valence-electron chi connectivity index (χ4n) is 1.24. The van der Waals surface area contributed by atoms with Crippen molar-refractivity contribution in [2.75, 3.05) is 13.1 Å². The second kappa shape index (κ2) is 5.89. The highest BCUT2D eigenvalue weighted by atomic mass is 19.4. The predicted octanol–water partition coefficient (Wildman–Crippen LogP) is 2.32. The van der Waals surface area contributed by atoms with E-state index < -0.39 is 12.6 Å². The minimum absolute atomic E-state index is 0.127. The summed E-state index contributed by atoms with van der Waals surface area (Å²) < 4.78 is 41.0. The first-order valence-corrected chi connectivity index (χ1v) is 5.22. The van der Waals surface area contributed by atoms with Gasteiger partial charge < -0.3 is 9.73 Å². The van der Waals surface area contributed by atoms with Gasteiger partial charge in [0, 0.05) is 13.0 Å². The van der Waals surface area contributed by atoms with Crippen molar-refractivity contribution < 1.29 is 17.6 Å². The molecule has 92 valence electrons. The van der Waals surface area contributed by atoms with Crippen LogP contribution in [-0.4, -0.2) is 24.2 Å². The third-order valence-electron chi connectivity index (χ3n) is 1.92.